The third-order valence-electron chi connectivity index (χ3n) is 4.63. The molecule has 0 aliphatic carbocycles. The van der Waals surface area contributed by atoms with Crippen LogP contribution >= 0.6 is 69.6 Å². The van der Waals surface area contributed by atoms with Gasteiger partial charge in [0.1, 0.15) is 0 Å². The molecule has 0 radical (unpaired) electrons. The first-order chi connectivity index (χ1) is 15.6. The largest absolute Gasteiger partial charge is 0.398 e. The first-order valence-corrected chi connectivity index (χ1v) is 12.5. The highest BCUT2D eigenvalue weighted by Gasteiger charge is 2.33. The quantitative estimate of drug-likeness (QED) is 0.120. The van der Waals surface area contributed by atoms with Crippen LogP contribution in [0.1, 0.15) is 56.0 Å². The molecular weight excluding hydrogens is 549 g/mol. The van der Waals surface area contributed by atoms with Crippen LogP contribution in [0.2, 0.25) is 0 Å². The van der Waals surface area contributed by atoms with Crippen LogP contribution < -0.4 is 4.57 Å². The van der Waals surface area contributed by atoms with E-state index in [4.69, 9.17) is 74.0 Å². The van der Waals surface area contributed by atoms with Gasteiger partial charge in [0.2, 0.25) is 13.2 Å². The Morgan fingerprint density at radius 2 is 1.48 bits per heavy atom. The van der Waals surface area contributed by atoms with Crippen molar-refractivity contribution in [1.82, 2.24) is 15.0 Å². The first-order valence-electron chi connectivity index (χ1n) is 10.3. The molecule has 33 heavy (non-hydrogen) atoms. The number of oxazole rings is 1. The van der Waals surface area contributed by atoms with Gasteiger partial charge in [0, 0.05) is 12.5 Å². The first kappa shape index (κ1) is 26.5. The normalized spacial score (nSPS) is 13.1. The van der Waals surface area contributed by atoms with Crippen LogP contribution in [0.5, 0.6) is 0 Å². The fourth-order valence-electron chi connectivity index (χ4n) is 3.10. The Bertz CT molecular complexity index is 1120. The van der Waals surface area contributed by atoms with Gasteiger partial charge in [-0.2, -0.15) is 4.57 Å². The Morgan fingerprint density at radius 3 is 2.12 bits per heavy atom. The predicted molar refractivity (Wildman–Crippen MR) is 137 cm³/mol. The lowest BCUT2D eigenvalue weighted by atomic mass is 10.2. The summed E-state index contributed by atoms with van der Waals surface area (Å²) >= 11 is 35.4. The van der Waals surface area contributed by atoms with E-state index in [1.54, 1.807) is 18.2 Å². The monoisotopic (exact) mass is 567 g/mol. The van der Waals surface area contributed by atoms with Gasteiger partial charge in [0.05, 0.1) is 6.08 Å². The minimum atomic E-state index is -1.90. The van der Waals surface area contributed by atoms with E-state index in [9.17, 15) is 0 Å². The molecule has 0 saturated carbocycles. The fraction of sp³-hybridized carbons (Fsp3) is 0.364. The summed E-state index contributed by atoms with van der Waals surface area (Å²) in [7, 11) is 0. The van der Waals surface area contributed by atoms with Crippen molar-refractivity contribution >= 4 is 92.9 Å². The number of aryl methyl sites for hydroxylation is 1. The topological polar surface area (TPSA) is 55.7 Å². The maximum atomic E-state index is 6.03. The highest BCUT2D eigenvalue weighted by atomic mass is 35.6. The highest BCUT2D eigenvalue weighted by molar-refractivity contribution is 6.67. The maximum absolute atomic E-state index is 6.03. The molecule has 0 spiro atoms. The number of hydrogen-bond acceptors (Lipinski definition) is 4. The molecule has 0 saturated heterocycles. The Morgan fingerprint density at radius 1 is 0.848 bits per heavy atom. The van der Waals surface area contributed by atoms with Gasteiger partial charge >= 0.3 is 5.89 Å². The second kappa shape index (κ2) is 11.6. The smallest absolute Gasteiger partial charge is 0.374 e. The maximum Gasteiger partial charge on any atom is 0.374 e. The number of alkyl halides is 6. The molecule has 2 heterocycles. The lowest BCUT2D eigenvalue weighted by Crippen LogP contribution is -2.35. The van der Waals surface area contributed by atoms with Crippen molar-refractivity contribution in [2.45, 2.75) is 46.7 Å². The van der Waals surface area contributed by atoms with Gasteiger partial charge in [-0.3, -0.25) is 0 Å². The van der Waals surface area contributed by atoms with Crippen molar-refractivity contribution in [2.24, 2.45) is 0 Å². The Labute approximate surface area is 222 Å². The van der Waals surface area contributed by atoms with Gasteiger partial charge in [0.25, 0.3) is 5.52 Å². The fourth-order valence-corrected chi connectivity index (χ4v) is 3.61. The number of allylic oxidation sites excluding steroid dienone is 2. The van der Waals surface area contributed by atoms with Gasteiger partial charge < -0.3 is 4.42 Å². The molecule has 3 aromatic rings. The number of unbranched alkanes of at least 4 members (excludes halogenated alkanes) is 3. The molecule has 1 aromatic carbocycles. The van der Waals surface area contributed by atoms with Crippen LogP contribution in [0.25, 0.3) is 23.3 Å². The van der Waals surface area contributed by atoms with Crippen molar-refractivity contribution in [1.29, 1.82) is 0 Å². The number of hydrogen-bond donors (Lipinski definition) is 0. The van der Waals surface area contributed by atoms with Gasteiger partial charge in [-0.05, 0) is 18.6 Å². The number of para-hydroxylation sites is 2. The zero-order valence-corrected chi connectivity index (χ0v) is 22.2. The molecule has 0 fully saturated rings. The molecule has 3 rings (SSSR count). The van der Waals surface area contributed by atoms with Crippen LogP contribution in [0.15, 0.2) is 40.8 Å². The van der Waals surface area contributed by atoms with Crippen molar-refractivity contribution in [2.75, 3.05) is 0 Å². The summed E-state index contributed by atoms with van der Waals surface area (Å²) in [5.74, 6) is 0.621. The van der Waals surface area contributed by atoms with Crippen LogP contribution in [0.3, 0.4) is 0 Å². The zero-order chi connectivity index (χ0) is 24.1. The molecule has 0 aliphatic heterocycles. The minimum absolute atomic E-state index is 0.144. The Kier molecular flexibility index (Phi) is 9.30. The van der Waals surface area contributed by atoms with Crippen molar-refractivity contribution in [3.63, 3.8) is 0 Å². The average molecular weight is 570 g/mol. The number of fused-ring (bicyclic) bond motifs is 1. The summed E-state index contributed by atoms with van der Waals surface area (Å²) in [6.07, 6.45) is 11.6. The standard InChI is InChI=1S/C22H21Cl6N4O/c1-2-3-4-9-14-32-15-10-5-6-11-16(15)33-18(32)13-8-7-12-17-29-19(21(23,24)25)31-20(30-17)22(26,27)28/h5-8,10-13H,2-4,9,14H2,1H3/q+1. The lowest BCUT2D eigenvalue weighted by molar-refractivity contribution is -0.678. The summed E-state index contributed by atoms with van der Waals surface area (Å²) in [5, 5.41) is 0. The summed E-state index contributed by atoms with van der Waals surface area (Å²) in [5.41, 5.74) is 1.88. The van der Waals surface area contributed by atoms with E-state index >= 15 is 0 Å². The molecule has 0 atom stereocenters. The van der Waals surface area contributed by atoms with E-state index in [0.717, 1.165) is 30.0 Å². The second-order valence-electron chi connectivity index (χ2n) is 7.17. The molecular formula is C22H21Cl6N4O+. The lowest BCUT2D eigenvalue weighted by Gasteiger charge is -2.14. The highest BCUT2D eigenvalue weighted by Crippen LogP contribution is 2.39. The molecule has 11 heteroatoms. The van der Waals surface area contributed by atoms with Gasteiger partial charge in [-0.25, -0.2) is 15.0 Å². The summed E-state index contributed by atoms with van der Waals surface area (Å²) in [6.45, 7) is 3.06. The van der Waals surface area contributed by atoms with Crippen molar-refractivity contribution < 1.29 is 8.98 Å². The molecule has 0 N–H and O–H groups in total. The van der Waals surface area contributed by atoms with E-state index in [1.165, 1.54) is 19.3 Å². The Hall–Kier alpha value is -1.08. The summed E-state index contributed by atoms with van der Waals surface area (Å²) in [4.78, 5) is 12.2. The molecule has 2 aromatic heterocycles. The summed E-state index contributed by atoms with van der Waals surface area (Å²) < 4.78 is 4.40. The number of rotatable bonds is 8. The van der Waals surface area contributed by atoms with Crippen molar-refractivity contribution in [3.05, 3.63) is 59.8 Å². The van der Waals surface area contributed by atoms with Crippen LogP contribution in [0, 0.1) is 0 Å². The predicted octanol–water partition coefficient (Wildman–Crippen LogP) is 7.87. The number of aromatic nitrogens is 4. The Balaban J connectivity index is 1.86. The SMILES string of the molecule is CCCCCC[n+]1c(C=CC=Cc2nc(C(Cl)(Cl)Cl)nc(C(Cl)(Cl)Cl)n2)oc2ccccc21. The van der Waals surface area contributed by atoms with E-state index in [1.807, 2.05) is 30.3 Å². The van der Waals surface area contributed by atoms with Gasteiger partial charge in [0.15, 0.2) is 24.0 Å². The molecule has 0 amide bonds. The van der Waals surface area contributed by atoms with Crippen LogP contribution in [0.4, 0.5) is 0 Å². The van der Waals surface area contributed by atoms with Gasteiger partial charge in [-0.1, -0.05) is 114 Å². The molecule has 0 bridgehead atoms. The van der Waals surface area contributed by atoms with E-state index in [-0.39, 0.29) is 17.5 Å². The average Bonchev–Trinajstić information content (AvgIpc) is 3.10. The second-order valence-corrected chi connectivity index (χ2v) is 11.7. The van der Waals surface area contributed by atoms with Crippen LogP contribution in [-0.2, 0) is 14.1 Å². The molecule has 0 aliphatic rings. The summed E-state index contributed by atoms with van der Waals surface area (Å²) in [6, 6.07) is 7.95. The third kappa shape index (κ3) is 7.45. The minimum Gasteiger partial charge on any atom is -0.398 e. The molecule has 5 nitrogen and oxygen atoms in total. The van der Waals surface area contributed by atoms with Crippen LogP contribution in [-0.4, -0.2) is 15.0 Å². The molecule has 176 valence electrons. The van der Waals surface area contributed by atoms with Gasteiger partial charge in [-0.15, -0.1) is 0 Å². The number of benzene rings is 1. The van der Waals surface area contributed by atoms with E-state index in [0.29, 0.717) is 0 Å². The number of nitrogens with zero attached hydrogens (tertiary/aromatic N) is 4. The van der Waals surface area contributed by atoms with Crippen molar-refractivity contribution in [3.8, 4) is 0 Å². The third-order valence-corrected chi connectivity index (χ3v) is 5.64. The van der Waals surface area contributed by atoms with E-state index in [2.05, 4.69) is 26.4 Å². The van der Waals surface area contributed by atoms with E-state index < -0.39 is 7.59 Å². The zero-order valence-electron chi connectivity index (χ0n) is 17.6. The molecule has 0 unspecified atom stereocenters. The number of halogens is 6.